The van der Waals surface area contributed by atoms with Crippen molar-refractivity contribution in [3.63, 3.8) is 0 Å². The molecule has 0 saturated heterocycles. The van der Waals surface area contributed by atoms with Crippen molar-refractivity contribution in [1.29, 1.82) is 0 Å². The van der Waals surface area contributed by atoms with Gasteiger partial charge in [-0.25, -0.2) is 9.37 Å². The second-order valence-corrected chi connectivity index (χ2v) is 8.69. The molecule has 2 fully saturated rings. The van der Waals surface area contributed by atoms with Crippen LogP contribution in [0.15, 0.2) is 40.9 Å². The normalized spacial score (nSPS) is 16.8. The zero-order chi connectivity index (χ0) is 21.4. The van der Waals surface area contributed by atoms with Gasteiger partial charge in [0.05, 0.1) is 6.04 Å². The Balaban J connectivity index is 1.38. The Morgan fingerprint density at radius 1 is 1.13 bits per heavy atom. The van der Waals surface area contributed by atoms with Crippen LogP contribution >= 0.6 is 0 Å². The summed E-state index contributed by atoms with van der Waals surface area (Å²) in [6, 6.07) is 9.98. The second kappa shape index (κ2) is 8.21. The molecule has 2 heterocycles. The lowest BCUT2D eigenvalue weighted by Gasteiger charge is -2.16. The van der Waals surface area contributed by atoms with Crippen LogP contribution in [0.25, 0.3) is 0 Å². The smallest absolute Gasteiger partial charge is 0.270 e. The molecule has 2 aliphatic carbocycles. The number of amides is 1. The van der Waals surface area contributed by atoms with Crippen LogP contribution < -0.4 is 5.32 Å². The summed E-state index contributed by atoms with van der Waals surface area (Å²) in [6.07, 6.45) is 5.99. The van der Waals surface area contributed by atoms with Crippen molar-refractivity contribution in [1.82, 2.24) is 20.4 Å². The van der Waals surface area contributed by atoms with E-state index in [0.29, 0.717) is 35.7 Å². The van der Waals surface area contributed by atoms with Gasteiger partial charge in [-0.2, -0.15) is 4.98 Å². The molecule has 0 spiro atoms. The van der Waals surface area contributed by atoms with Gasteiger partial charge in [0.25, 0.3) is 5.91 Å². The third kappa shape index (κ3) is 4.81. The van der Waals surface area contributed by atoms with E-state index in [-0.39, 0.29) is 17.8 Å². The fourth-order valence-electron chi connectivity index (χ4n) is 3.95. The fraction of sp³-hybridized carbons (Fsp3) is 0.417. The zero-order valence-corrected chi connectivity index (χ0v) is 17.5. The van der Waals surface area contributed by atoms with Gasteiger partial charge in [-0.15, -0.1) is 0 Å². The highest BCUT2D eigenvalue weighted by atomic mass is 19.1. The van der Waals surface area contributed by atoms with Gasteiger partial charge in [0.15, 0.2) is 5.82 Å². The zero-order valence-electron chi connectivity index (χ0n) is 17.5. The van der Waals surface area contributed by atoms with Crippen LogP contribution in [0.2, 0.25) is 0 Å². The fourth-order valence-corrected chi connectivity index (χ4v) is 3.95. The minimum atomic E-state index is -0.289. The number of halogens is 1. The van der Waals surface area contributed by atoms with E-state index >= 15 is 0 Å². The molecule has 3 aromatic rings. The van der Waals surface area contributed by atoms with E-state index in [2.05, 4.69) is 15.5 Å². The minimum Gasteiger partial charge on any atom is -0.341 e. The molecule has 2 aromatic heterocycles. The number of nitrogens with zero attached hydrogens (tertiary/aromatic N) is 3. The molecule has 160 valence electrons. The summed E-state index contributed by atoms with van der Waals surface area (Å²) in [5.41, 5.74) is 3.42. The molecule has 1 N–H and O–H groups in total. The first-order valence-electron chi connectivity index (χ1n) is 10.9. The van der Waals surface area contributed by atoms with Crippen molar-refractivity contribution in [3.05, 3.63) is 76.4 Å². The van der Waals surface area contributed by atoms with Gasteiger partial charge in [-0.1, -0.05) is 36.2 Å². The first-order chi connectivity index (χ1) is 15.0. The van der Waals surface area contributed by atoms with Crippen LogP contribution in [0.1, 0.15) is 83.1 Å². The van der Waals surface area contributed by atoms with Crippen molar-refractivity contribution >= 4 is 5.91 Å². The lowest BCUT2D eigenvalue weighted by atomic mass is 10.0. The van der Waals surface area contributed by atoms with E-state index < -0.39 is 0 Å². The van der Waals surface area contributed by atoms with Crippen LogP contribution in [0.3, 0.4) is 0 Å². The number of benzene rings is 1. The monoisotopic (exact) mass is 420 g/mol. The largest absolute Gasteiger partial charge is 0.341 e. The number of pyridine rings is 1. The summed E-state index contributed by atoms with van der Waals surface area (Å²) in [5.74, 6) is 1.59. The maximum absolute atomic E-state index is 13.3. The number of aryl methyl sites for hydroxylation is 1. The molecule has 5 rings (SSSR count). The van der Waals surface area contributed by atoms with Crippen LogP contribution in [0.5, 0.6) is 0 Å². The van der Waals surface area contributed by atoms with Gasteiger partial charge < -0.3 is 9.84 Å². The highest BCUT2D eigenvalue weighted by molar-refractivity contribution is 5.92. The van der Waals surface area contributed by atoms with Crippen LogP contribution in [-0.4, -0.2) is 21.0 Å². The third-order valence-electron chi connectivity index (χ3n) is 5.97. The van der Waals surface area contributed by atoms with Crippen molar-refractivity contribution in [3.8, 4) is 0 Å². The number of carbonyl (C=O) groups is 1. The molecular weight excluding hydrogens is 395 g/mol. The Bertz CT molecular complexity index is 1090. The van der Waals surface area contributed by atoms with Gasteiger partial charge in [-0.05, 0) is 60.4 Å². The molecule has 0 unspecified atom stereocenters. The van der Waals surface area contributed by atoms with Crippen LogP contribution in [-0.2, 0) is 6.42 Å². The first kappa shape index (κ1) is 19.8. The predicted molar refractivity (Wildman–Crippen MR) is 112 cm³/mol. The average Bonchev–Trinajstić information content (AvgIpc) is 3.69. The molecule has 1 aromatic carbocycles. The van der Waals surface area contributed by atoms with Crippen LogP contribution in [0.4, 0.5) is 4.39 Å². The maximum Gasteiger partial charge on any atom is 0.270 e. The average molecular weight is 420 g/mol. The van der Waals surface area contributed by atoms with Crippen molar-refractivity contribution in [2.45, 2.75) is 57.4 Å². The molecule has 1 amide bonds. The number of rotatable bonds is 8. The summed E-state index contributed by atoms with van der Waals surface area (Å²) in [7, 11) is 0. The SMILES string of the molecule is Cc1nc([C@H](CC2CC2)NC(=O)c2ccc(C3CC3)c(Cc3ccc(F)cc3)n2)no1. The molecule has 7 heteroatoms. The Morgan fingerprint density at radius 3 is 2.55 bits per heavy atom. The Labute approximate surface area is 180 Å². The topological polar surface area (TPSA) is 80.9 Å². The van der Waals surface area contributed by atoms with E-state index in [0.717, 1.165) is 30.5 Å². The van der Waals surface area contributed by atoms with E-state index in [9.17, 15) is 9.18 Å². The summed E-state index contributed by atoms with van der Waals surface area (Å²) >= 11 is 0. The molecule has 2 saturated carbocycles. The summed E-state index contributed by atoms with van der Waals surface area (Å²) in [6.45, 7) is 1.74. The van der Waals surface area contributed by atoms with Crippen LogP contribution in [0, 0.1) is 18.7 Å². The second-order valence-electron chi connectivity index (χ2n) is 8.69. The van der Waals surface area contributed by atoms with E-state index in [4.69, 9.17) is 9.51 Å². The summed E-state index contributed by atoms with van der Waals surface area (Å²) < 4.78 is 18.4. The van der Waals surface area contributed by atoms with E-state index in [1.54, 1.807) is 25.1 Å². The van der Waals surface area contributed by atoms with Crippen molar-refractivity contribution in [2.75, 3.05) is 0 Å². The van der Waals surface area contributed by atoms with Crippen molar-refractivity contribution in [2.24, 2.45) is 5.92 Å². The molecule has 0 radical (unpaired) electrons. The summed E-state index contributed by atoms with van der Waals surface area (Å²) in [4.78, 5) is 22.1. The standard InChI is InChI=1S/C24H25FN4O2/c1-14-26-23(29-31-14)22(13-15-2-3-15)28-24(30)20-11-10-19(17-6-7-17)21(27-20)12-16-4-8-18(25)9-5-16/h4-5,8-11,15,17,22H,2-3,6-7,12-13H2,1H3,(H,28,30)/t22-/m0/s1. The quantitative estimate of drug-likeness (QED) is 0.574. The van der Waals surface area contributed by atoms with Gasteiger partial charge in [0.1, 0.15) is 11.5 Å². The lowest BCUT2D eigenvalue weighted by Crippen LogP contribution is -2.30. The molecule has 0 aliphatic heterocycles. The van der Waals surface area contributed by atoms with Crippen molar-refractivity contribution < 1.29 is 13.7 Å². The maximum atomic E-state index is 13.3. The lowest BCUT2D eigenvalue weighted by molar-refractivity contribution is 0.0925. The summed E-state index contributed by atoms with van der Waals surface area (Å²) in [5, 5.41) is 7.08. The van der Waals surface area contributed by atoms with E-state index in [1.807, 2.05) is 6.07 Å². The first-order valence-corrected chi connectivity index (χ1v) is 10.9. The highest BCUT2D eigenvalue weighted by Crippen LogP contribution is 2.42. The molecule has 6 nitrogen and oxygen atoms in total. The molecule has 2 aliphatic rings. The number of hydrogen-bond donors (Lipinski definition) is 1. The number of hydrogen-bond acceptors (Lipinski definition) is 5. The van der Waals surface area contributed by atoms with Gasteiger partial charge in [0.2, 0.25) is 5.89 Å². The van der Waals surface area contributed by atoms with Gasteiger partial charge >= 0.3 is 0 Å². The Hall–Kier alpha value is -3.09. The Kier molecular flexibility index (Phi) is 5.26. The molecule has 31 heavy (non-hydrogen) atoms. The van der Waals surface area contributed by atoms with E-state index in [1.165, 1.54) is 30.5 Å². The number of carbonyl (C=O) groups excluding carboxylic acids is 1. The number of aromatic nitrogens is 3. The Morgan fingerprint density at radius 2 is 1.90 bits per heavy atom. The minimum absolute atomic E-state index is 0.240. The highest BCUT2D eigenvalue weighted by Gasteiger charge is 2.31. The molecule has 1 atom stereocenters. The van der Waals surface area contributed by atoms with Gasteiger partial charge in [-0.3, -0.25) is 4.79 Å². The predicted octanol–water partition coefficient (Wildman–Crippen LogP) is 4.65. The molecular formula is C24H25FN4O2. The molecule has 0 bridgehead atoms. The third-order valence-corrected chi connectivity index (χ3v) is 5.97. The van der Waals surface area contributed by atoms with Gasteiger partial charge in [0, 0.05) is 19.0 Å². The number of nitrogens with one attached hydrogen (secondary N) is 1.